The smallest absolute Gasteiger partial charge is 0.0863 e. The van der Waals surface area contributed by atoms with E-state index in [0.29, 0.717) is 0 Å². The Morgan fingerprint density at radius 1 is 1.33 bits per heavy atom. The standard InChI is InChI=1S/C13H25ClN4/c1-5-11-13(14)12(18(7-3)16-11)10-17(4)9-8-15-6-2/h15H,5-10H2,1-4H3. The molecule has 0 atom stereocenters. The van der Waals surface area contributed by atoms with Crippen LogP contribution in [0.5, 0.6) is 0 Å². The van der Waals surface area contributed by atoms with E-state index < -0.39 is 0 Å². The molecule has 1 heterocycles. The average Bonchev–Trinajstić information content (AvgIpc) is 2.66. The molecule has 0 aliphatic rings. The van der Waals surface area contributed by atoms with Crippen LogP contribution < -0.4 is 5.32 Å². The monoisotopic (exact) mass is 272 g/mol. The van der Waals surface area contributed by atoms with E-state index >= 15 is 0 Å². The number of halogens is 1. The highest BCUT2D eigenvalue weighted by molar-refractivity contribution is 6.31. The number of nitrogens with one attached hydrogen (secondary N) is 1. The molecule has 4 nitrogen and oxygen atoms in total. The first-order chi connectivity index (χ1) is 8.63. The van der Waals surface area contributed by atoms with Gasteiger partial charge in [-0.1, -0.05) is 25.4 Å². The first-order valence-corrected chi connectivity index (χ1v) is 7.15. The van der Waals surface area contributed by atoms with Crippen molar-refractivity contribution >= 4 is 11.6 Å². The van der Waals surface area contributed by atoms with E-state index in [1.54, 1.807) is 0 Å². The highest BCUT2D eigenvalue weighted by atomic mass is 35.5. The van der Waals surface area contributed by atoms with E-state index in [0.717, 1.165) is 55.6 Å². The van der Waals surface area contributed by atoms with Gasteiger partial charge in [0.1, 0.15) is 0 Å². The van der Waals surface area contributed by atoms with Crippen molar-refractivity contribution < 1.29 is 0 Å². The predicted molar refractivity (Wildman–Crippen MR) is 77.2 cm³/mol. The van der Waals surface area contributed by atoms with Crippen molar-refractivity contribution in [2.24, 2.45) is 0 Å². The van der Waals surface area contributed by atoms with Gasteiger partial charge in [-0.25, -0.2) is 0 Å². The normalized spacial score (nSPS) is 11.4. The van der Waals surface area contributed by atoms with Gasteiger partial charge in [0.25, 0.3) is 0 Å². The zero-order valence-electron chi connectivity index (χ0n) is 12.0. The fourth-order valence-corrected chi connectivity index (χ4v) is 2.28. The molecule has 0 aliphatic heterocycles. The fraction of sp³-hybridized carbons (Fsp3) is 0.769. The maximum Gasteiger partial charge on any atom is 0.0863 e. The number of hydrogen-bond acceptors (Lipinski definition) is 3. The first kappa shape index (κ1) is 15.5. The van der Waals surface area contributed by atoms with Gasteiger partial charge >= 0.3 is 0 Å². The Bertz CT molecular complexity index is 362. The van der Waals surface area contributed by atoms with Crippen LogP contribution in [-0.4, -0.2) is 41.4 Å². The minimum Gasteiger partial charge on any atom is -0.316 e. The second kappa shape index (κ2) is 7.77. The quantitative estimate of drug-likeness (QED) is 0.737. The minimum atomic E-state index is 0.842. The van der Waals surface area contributed by atoms with Crippen LogP contribution in [0.1, 0.15) is 32.2 Å². The molecule has 0 fully saturated rings. The molecule has 0 unspecified atom stereocenters. The van der Waals surface area contributed by atoms with Crippen LogP contribution in [0.25, 0.3) is 0 Å². The summed E-state index contributed by atoms with van der Waals surface area (Å²) in [4.78, 5) is 2.27. The lowest BCUT2D eigenvalue weighted by Crippen LogP contribution is -2.29. The molecule has 0 amide bonds. The number of rotatable bonds is 8. The number of hydrogen-bond donors (Lipinski definition) is 1. The Hall–Kier alpha value is -0.580. The molecule has 1 rings (SSSR count). The Morgan fingerprint density at radius 3 is 2.61 bits per heavy atom. The number of nitrogens with zero attached hydrogens (tertiary/aromatic N) is 3. The summed E-state index contributed by atoms with van der Waals surface area (Å²) < 4.78 is 2.02. The molecular weight excluding hydrogens is 248 g/mol. The molecule has 0 aliphatic carbocycles. The molecular formula is C13H25ClN4. The largest absolute Gasteiger partial charge is 0.316 e. The van der Waals surface area contributed by atoms with Crippen molar-refractivity contribution in [3.05, 3.63) is 16.4 Å². The zero-order chi connectivity index (χ0) is 13.5. The van der Waals surface area contributed by atoms with Gasteiger partial charge in [-0.2, -0.15) is 5.10 Å². The molecule has 0 spiro atoms. The SMILES string of the molecule is CCNCCN(C)Cc1c(Cl)c(CC)nn1CC. The van der Waals surface area contributed by atoms with E-state index in [9.17, 15) is 0 Å². The zero-order valence-corrected chi connectivity index (χ0v) is 12.7. The van der Waals surface area contributed by atoms with Gasteiger partial charge in [-0.05, 0) is 26.9 Å². The lowest BCUT2D eigenvalue weighted by molar-refractivity contribution is 0.314. The molecule has 5 heteroatoms. The maximum absolute atomic E-state index is 6.39. The van der Waals surface area contributed by atoms with E-state index in [1.807, 2.05) is 4.68 Å². The Balaban J connectivity index is 2.67. The molecule has 0 aromatic carbocycles. The van der Waals surface area contributed by atoms with Crippen LogP contribution in [0.15, 0.2) is 0 Å². The predicted octanol–water partition coefficient (Wildman–Crippen LogP) is 2.16. The van der Waals surface area contributed by atoms with Crippen LogP contribution in [0.4, 0.5) is 0 Å². The van der Waals surface area contributed by atoms with Crippen molar-refractivity contribution in [1.29, 1.82) is 0 Å². The summed E-state index contributed by atoms with van der Waals surface area (Å²) in [5, 5.41) is 8.71. The Morgan fingerprint density at radius 2 is 2.06 bits per heavy atom. The molecule has 1 N–H and O–H groups in total. The molecule has 0 saturated carbocycles. The van der Waals surface area contributed by atoms with Gasteiger partial charge < -0.3 is 5.32 Å². The topological polar surface area (TPSA) is 33.1 Å². The van der Waals surface area contributed by atoms with Crippen LogP contribution in [0, 0.1) is 0 Å². The van der Waals surface area contributed by atoms with Crippen molar-refractivity contribution in [2.45, 2.75) is 40.3 Å². The molecule has 1 aromatic heterocycles. The molecule has 0 radical (unpaired) electrons. The third-order valence-corrected chi connectivity index (χ3v) is 3.47. The van der Waals surface area contributed by atoms with Gasteiger partial charge in [-0.15, -0.1) is 0 Å². The van der Waals surface area contributed by atoms with Gasteiger partial charge in [0.15, 0.2) is 0 Å². The molecule has 0 saturated heterocycles. The lowest BCUT2D eigenvalue weighted by Gasteiger charge is -2.17. The van der Waals surface area contributed by atoms with Gasteiger partial charge in [0.05, 0.1) is 16.4 Å². The molecule has 104 valence electrons. The summed E-state index contributed by atoms with van der Waals surface area (Å²) in [5.41, 5.74) is 2.14. The van der Waals surface area contributed by atoms with E-state index in [2.05, 4.69) is 43.1 Å². The van der Waals surface area contributed by atoms with E-state index in [1.165, 1.54) is 0 Å². The number of likely N-dealkylation sites (N-methyl/N-ethyl adjacent to an activating group) is 2. The van der Waals surface area contributed by atoms with Crippen molar-refractivity contribution in [2.75, 3.05) is 26.7 Å². The van der Waals surface area contributed by atoms with E-state index in [-0.39, 0.29) is 0 Å². The lowest BCUT2D eigenvalue weighted by atomic mass is 10.3. The number of aromatic nitrogens is 2. The van der Waals surface area contributed by atoms with E-state index in [4.69, 9.17) is 11.6 Å². The van der Waals surface area contributed by atoms with Gasteiger partial charge in [-0.3, -0.25) is 9.58 Å². The average molecular weight is 273 g/mol. The number of aryl methyl sites for hydroxylation is 2. The molecule has 0 bridgehead atoms. The van der Waals surface area contributed by atoms with Crippen LogP contribution in [0.2, 0.25) is 5.02 Å². The van der Waals surface area contributed by atoms with Crippen molar-refractivity contribution in [1.82, 2.24) is 20.0 Å². The van der Waals surface area contributed by atoms with Crippen LogP contribution in [0.3, 0.4) is 0 Å². The minimum absolute atomic E-state index is 0.842. The fourth-order valence-electron chi connectivity index (χ4n) is 1.95. The van der Waals surface area contributed by atoms with Gasteiger partial charge in [0, 0.05) is 26.2 Å². The summed E-state index contributed by atoms with van der Waals surface area (Å²) in [5.74, 6) is 0. The molecule has 18 heavy (non-hydrogen) atoms. The first-order valence-electron chi connectivity index (χ1n) is 6.77. The van der Waals surface area contributed by atoms with Crippen molar-refractivity contribution in [3.8, 4) is 0 Å². The summed E-state index contributed by atoms with van der Waals surface area (Å²) in [7, 11) is 2.12. The maximum atomic E-state index is 6.39. The second-order valence-electron chi connectivity index (χ2n) is 4.47. The second-order valence-corrected chi connectivity index (χ2v) is 4.85. The van der Waals surface area contributed by atoms with Crippen LogP contribution in [-0.2, 0) is 19.5 Å². The summed E-state index contributed by atoms with van der Waals surface area (Å²) in [6, 6.07) is 0. The summed E-state index contributed by atoms with van der Waals surface area (Å²) in [6.07, 6.45) is 0.889. The highest BCUT2D eigenvalue weighted by Gasteiger charge is 2.15. The van der Waals surface area contributed by atoms with Crippen molar-refractivity contribution in [3.63, 3.8) is 0 Å². The van der Waals surface area contributed by atoms with Gasteiger partial charge in [0.2, 0.25) is 0 Å². The Labute approximate surface area is 115 Å². The highest BCUT2D eigenvalue weighted by Crippen LogP contribution is 2.22. The van der Waals surface area contributed by atoms with Crippen LogP contribution >= 0.6 is 11.6 Å². The third-order valence-electron chi connectivity index (χ3n) is 3.03. The Kier molecular flexibility index (Phi) is 6.68. The third kappa shape index (κ3) is 3.97. The molecule has 1 aromatic rings. The summed E-state index contributed by atoms with van der Waals surface area (Å²) >= 11 is 6.39. The summed E-state index contributed by atoms with van der Waals surface area (Å²) in [6.45, 7) is 11.1.